The summed E-state index contributed by atoms with van der Waals surface area (Å²) in [6, 6.07) is 5.20. The van der Waals surface area contributed by atoms with Gasteiger partial charge in [0.05, 0.1) is 6.54 Å². The summed E-state index contributed by atoms with van der Waals surface area (Å²) in [7, 11) is 0. The van der Waals surface area contributed by atoms with E-state index >= 15 is 0 Å². The molecule has 0 fully saturated rings. The Kier molecular flexibility index (Phi) is 11.2. The van der Waals surface area contributed by atoms with Crippen molar-refractivity contribution in [1.29, 1.82) is 0 Å². The van der Waals surface area contributed by atoms with E-state index in [9.17, 15) is 14.0 Å². The van der Waals surface area contributed by atoms with Crippen LogP contribution in [0.5, 0.6) is 0 Å². The van der Waals surface area contributed by atoms with Crippen molar-refractivity contribution >= 4 is 17.6 Å². The molecule has 0 aliphatic heterocycles. The van der Waals surface area contributed by atoms with Gasteiger partial charge in [-0.2, -0.15) is 0 Å². The van der Waals surface area contributed by atoms with E-state index in [1.807, 2.05) is 13.8 Å². The summed E-state index contributed by atoms with van der Waals surface area (Å²) in [6.45, 7) is 6.94. The summed E-state index contributed by atoms with van der Waals surface area (Å²) in [6.07, 6.45) is 2.55. The molecule has 0 spiro atoms. The van der Waals surface area contributed by atoms with E-state index in [4.69, 9.17) is 13.9 Å². The standard InChI is InChI=1S/C22H31FN4O5/c1-3-30-12-6-10-24-21(28)19-16-32-20(26-19)15-27(11-7-13-31-4-2)22(29)25-18-9-5-8-17(23)14-18/h5,8-9,14,16H,3-4,6-7,10-13,15H2,1-2H3,(H,24,28)(H,25,29). The molecule has 0 saturated carbocycles. The Morgan fingerprint density at radius 3 is 2.62 bits per heavy atom. The minimum atomic E-state index is -0.449. The second-order valence-electron chi connectivity index (χ2n) is 6.85. The maximum Gasteiger partial charge on any atom is 0.322 e. The highest BCUT2D eigenvalue weighted by atomic mass is 19.1. The van der Waals surface area contributed by atoms with Crippen molar-refractivity contribution in [3.05, 3.63) is 47.9 Å². The van der Waals surface area contributed by atoms with Crippen LogP contribution in [-0.2, 0) is 16.0 Å². The van der Waals surface area contributed by atoms with Gasteiger partial charge in [-0.3, -0.25) is 4.79 Å². The second-order valence-corrected chi connectivity index (χ2v) is 6.85. The molecule has 2 rings (SSSR count). The lowest BCUT2D eigenvalue weighted by Gasteiger charge is -2.21. The zero-order chi connectivity index (χ0) is 23.2. The Labute approximate surface area is 187 Å². The third kappa shape index (κ3) is 9.03. The van der Waals surface area contributed by atoms with Crippen LogP contribution >= 0.6 is 0 Å². The average Bonchev–Trinajstić information content (AvgIpc) is 3.24. The molecule has 0 unspecified atom stereocenters. The Hall–Kier alpha value is -2.98. The smallest absolute Gasteiger partial charge is 0.322 e. The van der Waals surface area contributed by atoms with Crippen molar-refractivity contribution in [1.82, 2.24) is 15.2 Å². The topological polar surface area (TPSA) is 106 Å². The van der Waals surface area contributed by atoms with Gasteiger partial charge in [0.25, 0.3) is 5.91 Å². The molecule has 176 valence electrons. The number of aromatic nitrogens is 1. The predicted molar refractivity (Wildman–Crippen MR) is 117 cm³/mol. The van der Waals surface area contributed by atoms with Crippen LogP contribution in [0, 0.1) is 5.82 Å². The lowest BCUT2D eigenvalue weighted by molar-refractivity contribution is 0.0939. The number of carbonyl (C=O) groups is 2. The maximum absolute atomic E-state index is 13.4. The number of urea groups is 1. The van der Waals surface area contributed by atoms with Crippen molar-refractivity contribution in [2.24, 2.45) is 0 Å². The first-order chi connectivity index (χ1) is 15.5. The van der Waals surface area contributed by atoms with Gasteiger partial charge in [0.1, 0.15) is 12.1 Å². The maximum atomic E-state index is 13.4. The highest BCUT2D eigenvalue weighted by molar-refractivity contribution is 5.92. The molecule has 32 heavy (non-hydrogen) atoms. The second kappa shape index (κ2) is 14.2. The van der Waals surface area contributed by atoms with Crippen LogP contribution in [0.15, 0.2) is 34.9 Å². The number of ether oxygens (including phenoxy) is 2. The fraction of sp³-hybridized carbons (Fsp3) is 0.500. The van der Waals surface area contributed by atoms with Gasteiger partial charge in [-0.1, -0.05) is 6.07 Å². The Morgan fingerprint density at radius 2 is 1.91 bits per heavy atom. The van der Waals surface area contributed by atoms with Gasteiger partial charge in [-0.25, -0.2) is 14.2 Å². The van der Waals surface area contributed by atoms with Crippen LogP contribution in [0.4, 0.5) is 14.9 Å². The molecule has 10 heteroatoms. The summed E-state index contributed by atoms with van der Waals surface area (Å²) in [5, 5.41) is 5.41. The summed E-state index contributed by atoms with van der Waals surface area (Å²) in [5.41, 5.74) is 0.473. The molecule has 0 bridgehead atoms. The Bertz CT molecular complexity index is 845. The zero-order valence-corrected chi connectivity index (χ0v) is 18.6. The normalized spacial score (nSPS) is 10.7. The number of nitrogens with one attached hydrogen (secondary N) is 2. The van der Waals surface area contributed by atoms with E-state index in [-0.39, 0.29) is 24.0 Å². The van der Waals surface area contributed by atoms with Gasteiger partial charge in [0.2, 0.25) is 5.89 Å². The zero-order valence-electron chi connectivity index (χ0n) is 18.6. The number of hydrogen-bond donors (Lipinski definition) is 2. The summed E-state index contributed by atoms with van der Waals surface area (Å²) < 4.78 is 29.4. The molecule has 0 aliphatic carbocycles. The van der Waals surface area contributed by atoms with E-state index in [1.165, 1.54) is 29.4 Å². The summed E-state index contributed by atoms with van der Waals surface area (Å²) in [4.78, 5) is 30.6. The van der Waals surface area contributed by atoms with Crippen molar-refractivity contribution in [3.8, 4) is 0 Å². The molecule has 3 amide bonds. The highest BCUT2D eigenvalue weighted by Crippen LogP contribution is 2.13. The van der Waals surface area contributed by atoms with E-state index in [1.54, 1.807) is 6.07 Å². The number of nitrogens with zero attached hydrogens (tertiary/aromatic N) is 2. The average molecular weight is 451 g/mol. The lowest BCUT2D eigenvalue weighted by Crippen LogP contribution is -2.36. The Balaban J connectivity index is 1.96. The van der Waals surface area contributed by atoms with Gasteiger partial charge in [0, 0.05) is 45.2 Å². The molecule has 2 N–H and O–H groups in total. The molecule has 0 aliphatic rings. The van der Waals surface area contributed by atoms with Crippen molar-refractivity contribution in [2.75, 3.05) is 44.8 Å². The fourth-order valence-corrected chi connectivity index (χ4v) is 2.79. The SMILES string of the molecule is CCOCCCNC(=O)c1coc(CN(CCCOCC)C(=O)Nc2cccc(F)c2)n1. The third-order valence-corrected chi connectivity index (χ3v) is 4.35. The number of halogens is 1. The van der Waals surface area contributed by atoms with Crippen LogP contribution < -0.4 is 10.6 Å². The van der Waals surface area contributed by atoms with Crippen LogP contribution in [-0.4, -0.2) is 61.3 Å². The van der Waals surface area contributed by atoms with Crippen molar-refractivity contribution in [2.45, 2.75) is 33.2 Å². The van der Waals surface area contributed by atoms with Gasteiger partial charge >= 0.3 is 6.03 Å². The lowest BCUT2D eigenvalue weighted by atomic mass is 10.3. The van der Waals surface area contributed by atoms with Crippen molar-refractivity contribution < 1.29 is 27.9 Å². The first-order valence-electron chi connectivity index (χ1n) is 10.7. The minimum Gasteiger partial charge on any atom is -0.446 e. The van der Waals surface area contributed by atoms with E-state index < -0.39 is 11.8 Å². The quantitative estimate of drug-likeness (QED) is 0.427. The molecule has 9 nitrogen and oxygen atoms in total. The van der Waals surface area contributed by atoms with Crippen molar-refractivity contribution in [3.63, 3.8) is 0 Å². The van der Waals surface area contributed by atoms with Crippen LogP contribution in [0.2, 0.25) is 0 Å². The predicted octanol–water partition coefficient (Wildman–Crippen LogP) is 3.43. The first kappa shape index (κ1) is 25.3. The van der Waals surface area contributed by atoms with E-state index in [0.717, 1.165) is 0 Å². The molecule has 0 atom stereocenters. The van der Waals surface area contributed by atoms with Crippen LogP contribution in [0.1, 0.15) is 43.1 Å². The molecule has 1 aromatic carbocycles. The van der Waals surface area contributed by atoms with Gasteiger partial charge in [-0.05, 0) is 44.9 Å². The van der Waals surface area contributed by atoms with Gasteiger partial charge < -0.3 is 29.4 Å². The highest BCUT2D eigenvalue weighted by Gasteiger charge is 2.19. The summed E-state index contributed by atoms with van der Waals surface area (Å²) in [5.74, 6) is -0.589. The van der Waals surface area contributed by atoms with Crippen LogP contribution in [0.25, 0.3) is 0 Å². The monoisotopic (exact) mass is 450 g/mol. The van der Waals surface area contributed by atoms with E-state index in [0.29, 0.717) is 58.0 Å². The Morgan fingerprint density at radius 1 is 1.16 bits per heavy atom. The molecular formula is C22H31FN4O5. The number of benzene rings is 1. The van der Waals surface area contributed by atoms with Crippen LogP contribution in [0.3, 0.4) is 0 Å². The fourth-order valence-electron chi connectivity index (χ4n) is 2.79. The van der Waals surface area contributed by atoms with Gasteiger partial charge in [0.15, 0.2) is 5.69 Å². The molecule has 0 saturated heterocycles. The number of oxazole rings is 1. The molecule has 1 aromatic heterocycles. The summed E-state index contributed by atoms with van der Waals surface area (Å²) >= 11 is 0. The first-order valence-corrected chi connectivity index (χ1v) is 10.7. The number of anilines is 1. The molecule has 1 heterocycles. The molecule has 2 aromatic rings. The number of rotatable bonds is 14. The number of carbonyl (C=O) groups excluding carboxylic acids is 2. The number of amides is 3. The van der Waals surface area contributed by atoms with E-state index in [2.05, 4.69) is 15.6 Å². The molecule has 0 radical (unpaired) electrons. The minimum absolute atomic E-state index is 0.0465. The van der Waals surface area contributed by atoms with Gasteiger partial charge in [-0.15, -0.1) is 0 Å². The molecular weight excluding hydrogens is 419 g/mol. The largest absolute Gasteiger partial charge is 0.446 e. The third-order valence-electron chi connectivity index (χ3n) is 4.35. The number of hydrogen-bond acceptors (Lipinski definition) is 6.